The Morgan fingerprint density at radius 3 is 2.40 bits per heavy atom. The van der Waals surface area contributed by atoms with Crippen LogP contribution in [-0.4, -0.2) is 46.4 Å². The largest absolute Gasteiger partial charge is 0.388 e. The zero-order chi connectivity index (χ0) is 18.7. The van der Waals surface area contributed by atoms with Gasteiger partial charge in [-0.25, -0.2) is 0 Å². The van der Waals surface area contributed by atoms with E-state index in [0.717, 1.165) is 38.1 Å². The van der Waals surface area contributed by atoms with E-state index in [1.54, 1.807) is 0 Å². The van der Waals surface area contributed by atoms with Crippen molar-refractivity contribution < 1.29 is 9.63 Å². The molecule has 1 heterocycles. The minimum atomic E-state index is -0.718. The summed E-state index contributed by atoms with van der Waals surface area (Å²) in [6.07, 6.45) is 4.07. The van der Waals surface area contributed by atoms with Crippen LogP contribution in [0.15, 0.2) is 9.52 Å². The summed E-state index contributed by atoms with van der Waals surface area (Å²) < 4.78 is 5.24. The van der Waals surface area contributed by atoms with Gasteiger partial charge in [-0.15, -0.1) is 0 Å². The molecule has 3 N–H and O–H groups in total. The average molecular weight is 354 g/mol. The highest BCUT2D eigenvalue weighted by molar-refractivity contribution is 5.79. The van der Waals surface area contributed by atoms with Gasteiger partial charge in [0.25, 0.3) is 0 Å². The molecule has 0 aliphatic heterocycles. The lowest BCUT2D eigenvalue weighted by Crippen LogP contribution is -2.40. The molecule has 7 nitrogen and oxygen atoms in total. The number of aliphatic hydroxyl groups is 1. The molecule has 0 fully saturated rings. The quantitative estimate of drug-likeness (QED) is 0.418. The molecule has 25 heavy (non-hydrogen) atoms. The van der Waals surface area contributed by atoms with Gasteiger partial charge in [0.2, 0.25) is 5.89 Å². The molecule has 0 aliphatic carbocycles. The van der Waals surface area contributed by atoms with Crippen molar-refractivity contribution in [1.82, 2.24) is 20.8 Å². The zero-order valence-electron chi connectivity index (χ0n) is 16.4. The van der Waals surface area contributed by atoms with Crippen molar-refractivity contribution in [1.29, 1.82) is 0 Å². The number of aromatic nitrogens is 2. The molecule has 1 aromatic heterocycles. The fraction of sp³-hybridized carbons (Fsp3) is 0.833. The Hall–Kier alpha value is -1.63. The Morgan fingerprint density at radius 2 is 1.88 bits per heavy atom. The summed E-state index contributed by atoms with van der Waals surface area (Å²) in [5, 5.41) is 21.1. The van der Waals surface area contributed by atoms with Gasteiger partial charge in [-0.05, 0) is 19.8 Å². The third kappa shape index (κ3) is 7.86. The Kier molecular flexibility index (Phi) is 9.49. The molecule has 0 bridgehead atoms. The first-order valence-electron chi connectivity index (χ1n) is 9.51. The minimum absolute atomic E-state index is 0.263. The van der Waals surface area contributed by atoms with Crippen LogP contribution in [0.1, 0.15) is 77.9 Å². The van der Waals surface area contributed by atoms with Gasteiger partial charge < -0.3 is 20.3 Å². The van der Waals surface area contributed by atoms with Gasteiger partial charge in [-0.3, -0.25) is 4.99 Å². The molecule has 0 spiro atoms. The zero-order valence-corrected chi connectivity index (χ0v) is 16.4. The van der Waals surface area contributed by atoms with Crippen LogP contribution in [0.2, 0.25) is 0 Å². The minimum Gasteiger partial charge on any atom is -0.388 e. The number of guanidine groups is 1. The van der Waals surface area contributed by atoms with E-state index in [2.05, 4.69) is 39.6 Å². The van der Waals surface area contributed by atoms with E-state index in [9.17, 15) is 5.11 Å². The van der Waals surface area contributed by atoms with Gasteiger partial charge in [0.15, 0.2) is 11.8 Å². The Balaban J connectivity index is 2.56. The highest BCUT2D eigenvalue weighted by Crippen LogP contribution is 2.19. The number of nitrogens with one attached hydrogen (secondary N) is 2. The van der Waals surface area contributed by atoms with E-state index in [-0.39, 0.29) is 5.92 Å². The molecule has 144 valence electrons. The summed E-state index contributed by atoms with van der Waals surface area (Å²) in [4.78, 5) is 8.93. The summed E-state index contributed by atoms with van der Waals surface area (Å²) in [7, 11) is 0. The van der Waals surface area contributed by atoms with Crippen molar-refractivity contribution in [3.63, 3.8) is 0 Å². The highest BCUT2D eigenvalue weighted by atomic mass is 16.5. The molecule has 0 aliphatic rings. The SMILES string of the molecule is CCCC(O)(CCC)CN=C(NCC)NCCc1nc(C(C)C)no1. The normalized spacial score (nSPS) is 12.7. The van der Waals surface area contributed by atoms with Gasteiger partial charge >= 0.3 is 0 Å². The van der Waals surface area contributed by atoms with Crippen molar-refractivity contribution in [2.75, 3.05) is 19.6 Å². The fourth-order valence-corrected chi connectivity index (χ4v) is 2.67. The van der Waals surface area contributed by atoms with Crippen LogP contribution in [0, 0.1) is 0 Å². The second-order valence-corrected chi connectivity index (χ2v) is 6.80. The van der Waals surface area contributed by atoms with Crippen molar-refractivity contribution in [3.05, 3.63) is 11.7 Å². The van der Waals surface area contributed by atoms with Crippen molar-refractivity contribution >= 4 is 5.96 Å². The second kappa shape index (κ2) is 11.1. The average Bonchev–Trinajstić information content (AvgIpc) is 3.02. The lowest BCUT2D eigenvalue weighted by atomic mass is 9.93. The van der Waals surface area contributed by atoms with Crippen LogP contribution in [0.3, 0.4) is 0 Å². The van der Waals surface area contributed by atoms with Crippen LogP contribution in [-0.2, 0) is 6.42 Å². The highest BCUT2D eigenvalue weighted by Gasteiger charge is 2.24. The van der Waals surface area contributed by atoms with Crippen LogP contribution >= 0.6 is 0 Å². The van der Waals surface area contributed by atoms with Gasteiger partial charge in [0.05, 0.1) is 12.1 Å². The molecule has 0 amide bonds. The lowest BCUT2D eigenvalue weighted by molar-refractivity contribution is 0.0306. The number of hydrogen-bond acceptors (Lipinski definition) is 5. The van der Waals surface area contributed by atoms with Gasteiger partial charge in [0.1, 0.15) is 0 Å². The summed E-state index contributed by atoms with van der Waals surface area (Å²) >= 11 is 0. The van der Waals surface area contributed by atoms with Crippen LogP contribution < -0.4 is 10.6 Å². The third-order valence-electron chi connectivity index (χ3n) is 3.94. The standard InChI is InChI=1S/C18H35N5O2/c1-6-10-18(24,11-7-2)13-21-17(19-8-3)20-12-9-15-22-16(14(4)5)23-25-15/h14,24H,6-13H2,1-5H3,(H2,19,20,21). The summed E-state index contributed by atoms with van der Waals surface area (Å²) in [6, 6.07) is 0. The fourth-order valence-electron chi connectivity index (χ4n) is 2.67. The van der Waals surface area contributed by atoms with E-state index in [1.807, 2.05) is 20.8 Å². The first-order valence-corrected chi connectivity index (χ1v) is 9.51. The van der Waals surface area contributed by atoms with Gasteiger partial charge in [0, 0.05) is 25.4 Å². The van der Waals surface area contributed by atoms with E-state index >= 15 is 0 Å². The van der Waals surface area contributed by atoms with E-state index in [4.69, 9.17) is 4.52 Å². The van der Waals surface area contributed by atoms with Crippen molar-refractivity contribution in [2.45, 2.75) is 78.2 Å². The first-order chi connectivity index (χ1) is 11.9. The van der Waals surface area contributed by atoms with E-state index in [0.29, 0.717) is 31.4 Å². The molecule has 0 atom stereocenters. The van der Waals surface area contributed by atoms with Crippen molar-refractivity contribution in [2.24, 2.45) is 4.99 Å². The topological polar surface area (TPSA) is 95.6 Å². The predicted molar refractivity (Wildman–Crippen MR) is 101 cm³/mol. The van der Waals surface area contributed by atoms with Crippen molar-refractivity contribution in [3.8, 4) is 0 Å². The number of rotatable bonds is 11. The molecule has 0 saturated carbocycles. The summed E-state index contributed by atoms with van der Waals surface area (Å²) in [5.41, 5.74) is -0.718. The molecule has 0 aromatic carbocycles. The second-order valence-electron chi connectivity index (χ2n) is 6.80. The third-order valence-corrected chi connectivity index (χ3v) is 3.94. The molecular weight excluding hydrogens is 318 g/mol. The maximum Gasteiger partial charge on any atom is 0.228 e. The van der Waals surface area contributed by atoms with Crippen LogP contribution in [0.5, 0.6) is 0 Å². The van der Waals surface area contributed by atoms with E-state index in [1.165, 1.54) is 0 Å². The monoisotopic (exact) mass is 353 g/mol. The molecule has 1 rings (SSSR count). The molecule has 0 saturated heterocycles. The number of hydrogen-bond donors (Lipinski definition) is 3. The maximum absolute atomic E-state index is 10.7. The number of nitrogens with zero attached hydrogens (tertiary/aromatic N) is 3. The van der Waals surface area contributed by atoms with Gasteiger partial charge in [-0.1, -0.05) is 45.7 Å². The Morgan fingerprint density at radius 1 is 1.20 bits per heavy atom. The first kappa shape index (κ1) is 21.4. The predicted octanol–water partition coefficient (Wildman–Crippen LogP) is 2.62. The lowest BCUT2D eigenvalue weighted by Gasteiger charge is -2.26. The molecular formula is C18H35N5O2. The Labute approximate surface area is 151 Å². The smallest absolute Gasteiger partial charge is 0.228 e. The number of aliphatic imine (C=N–C) groups is 1. The van der Waals surface area contributed by atoms with Crippen LogP contribution in [0.25, 0.3) is 0 Å². The molecule has 0 radical (unpaired) electrons. The summed E-state index contributed by atoms with van der Waals surface area (Å²) in [5.74, 6) is 2.33. The Bertz CT molecular complexity index is 507. The molecule has 7 heteroatoms. The maximum atomic E-state index is 10.7. The molecule has 0 unspecified atom stereocenters. The van der Waals surface area contributed by atoms with E-state index < -0.39 is 5.60 Å². The summed E-state index contributed by atoms with van der Waals surface area (Å²) in [6.45, 7) is 12.1. The van der Waals surface area contributed by atoms with Crippen LogP contribution in [0.4, 0.5) is 0 Å². The molecule has 1 aromatic rings. The van der Waals surface area contributed by atoms with Gasteiger partial charge in [-0.2, -0.15) is 4.98 Å².